The molecule has 3 aromatic rings. The molecule has 1 aliphatic carbocycles. The fourth-order valence-electron chi connectivity index (χ4n) is 4.33. The molecule has 2 fully saturated rings. The highest BCUT2D eigenvalue weighted by Crippen LogP contribution is 2.52. The lowest BCUT2D eigenvalue weighted by atomic mass is 10.2. The number of aryl methyl sites for hydroxylation is 1. The van der Waals surface area contributed by atoms with E-state index < -0.39 is 0 Å². The zero-order valence-electron chi connectivity index (χ0n) is 15.0. The van der Waals surface area contributed by atoms with E-state index >= 15 is 0 Å². The molecule has 0 radical (unpaired) electrons. The highest BCUT2D eigenvalue weighted by Gasteiger charge is 2.55. The molecule has 5 nitrogen and oxygen atoms in total. The summed E-state index contributed by atoms with van der Waals surface area (Å²) in [4.78, 5) is 11.6. The molecule has 1 saturated carbocycles. The number of pyridine rings is 1. The molecule has 1 unspecified atom stereocenters. The minimum absolute atomic E-state index is 0.608. The van der Waals surface area contributed by atoms with Gasteiger partial charge in [0, 0.05) is 42.3 Å². The predicted octanol–water partition coefficient (Wildman–Crippen LogP) is 4.03. The summed E-state index contributed by atoms with van der Waals surface area (Å²) in [5.41, 5.74) is 1.91. The first-order valence-electron chi connectivity index (χ1n) is 9.16. The van der Waals surface area contributed by atoms with Crippen LogP contribution in [0.1, 0.15) is 5.82 Å². The molecule has 0 N–H and O–H groups in total. The van der Waals surface area contributed by atoms with Gasteiger partial charge in [0.25, 0.3) is 0 Å². The lowest BCUT2D eigenvalue weighted by Crippen LogP contribution is -2.26. The zero-order chi connectivity index (χ0) is 18.5. The SMILES string of the molecule is Cn1c(CN2C[C@@H]3C(COc4cc(Cl)cc(Cl)c4)[C@@H]3C2)nc2cccnc21. The van der Waals surface area contributed by atoms with Gasteiger partial charge in [-0.3, -0.25) is 4.90 Å². The number of nitrogens with zero attached hydrogens (tertiary/aromatic N) is 4. The van der Waals surface area contributed by atoms with Crippen LogP contribution in [0.15, 0.2) is 36.5 Å². The Morgan fingerprint density at radius 2 is 1.89 bits per heavy atom. The number of benzene rings is 1. The Morgan fingerprint density at radius 3 is 2.59 bits per heavy atom. The molecule has 3 atom stereocenters. The first kappa shape index (κ1) is 17.3. The maximum Gasteiger partial charge on any atom is 0.159 e. The van der Waals surface area contributed by atoms with Crippen molar-refractivity contribution in [1.82, 2.24) is 19.4 Å². The molecule has 2 aromatic heterocycles. The largest absolute Gasteiger partial charge is 0.493 e. The molecule has 1 saturated heterocycles. The summed E-state index contributed by atoms with van der Waals surface area (Å²) in [6.07, 6.45) is 1.82. The average Bonchev–Trinajstić information content (AvgIpc) is 2.95. The molecule has 0 bridgehead atoms. The van der Waals surface area contributed by atoms with Crippen molar-refractivity contribution in [2.75, 3.05) is 19.7 Å². The van der Waals surface area contributed by atoms with E-state index in [0.717, 1.165) is 49.0 Å². The van der Waals surface area contributed by atoms with Crippen molar-refractivity contribution in [3.8, 4) is 5.75 Å². The number of fused-ring (bicyclic) bond motifs is 2. The van der Waals surface area contributed by atoms with Crippen LogP contribution in [0, 0.1) is 17.8 Å². The van der Waals surface area contributed by atoms with E-state index in [1.165, 1.54) is 0 Å². The van der Waals surface area contributed by atoms with Gasteiger partial charge in [0.1, 0.15) is 17.1 Å². The number of hydrogen-bond acceptors (Lipinski definition) is 4. The third-order valence-corrected chi connectivity index (χ3v) is 6.25. The molecule has 27 heavy (non-hydrogen) atoms. The fraction of sp³-hybridized carbons (Fsp3) is 0.400. The van der Waals surface area contributed by atoms with Crippen LogP contribution in [0.2, 0.25) is 10.0 Å². The van der Waals surface area contributed by atoms with E-state index in [1.54, 1.807) is 6.07 Å². The van der Waals surface area contributed by atoms with Crippen LogP contribution < -0.4 is 4.74 Å². The van der Waals surface area contributed by atoms with Crippen molar-refractivity contribution in [2.45, 2.75) is 6.54 Å². The first-order chi connectivity index (χ1) is 13.1. The third-order valence-electron chi connectivity index (χ3n) is 5.81. The van der Waals surface area contributed by atoms with Crippen LogP contribution >= 0.6 is 23.2 Å². The van der Waals surface area contributed by atoms with Gasteiger partial charge in [0.15, 0.2) is 5.65 Å². The summed E-state index contributed by atoms with van der Waals surface area (Å²) in [7, 11) is 2.04. The number of rotatable bonds is 5. The molecule has 5 rings (SSSR count). The van der Waals surface area contributed by atoms with E-state index in [1.807, 2.05) is 37.5 Å². The number of hydrogen-bond donors (Lipinski definition) is 0. The first-order valence-corrected chi connectivity index (χ1v) is 9.91. The molecular formula is C20H20Cl2N4O. The van der Waals surface area contributed by atoms with Crippen LogP contribution in [0.5, 0.6) is 5.75 Å². The van der Waals surface area contributed by atoms with Crippen molar-refractivity contribution in [1.29, 1.82) is 0 Å². The molecule has 140 valence electrons. The maximum absolute atomic E-state index is 6.03. The Hall–Kier alpha value is -1.82. The second kappa shape index (κ2) is 6.66. The van der Waals surface area contributed by atoms with Crippen LogP contribution in [0.25, 0.3) is 11.2 Å². The highest BCUT2D eigenvalue weighted by atomic mass is 35.5. The zero-order valence-corrected chi connectivity index (χ0v) is 16.5. The Labute approximate surface area is 167 Å². The van der Waals surface area contributed by atoms with Gasteiger partial charge in [-0.25, -0.2) is 9.97 Å². The number of imidazole rings is 1. The van der Waals surface area contributed by atoms with Gasteiger partial charge in [-0.2, -0.15) is 0 Å². The van der Waals surface area contributed by atoms with Crippen LogP contribution in [0.4, 0.5) is 0 Å². The fourth-order valence-corrected chi connectivity index (χ4v) is 4.84. The second-order valence-corrected chi connectivity index (χ2v) is 8.41. The number of aromatic nitrogens is 3. The van der Waals surface area contributed by atoms with E-state index in [-0.39, 0.29) is 0 Å². The normalized spacial score (nSPS) is 24.3. The van der Waals surface area contributed by atoms with Crippen molar-refractivity contribution in [3.63, 3.8) is 0 Å². The monoisotopic (exact) mass is 402 g/mol. The minimum atomic E-state index is 0.608. The molecule has 3 heterocycles. The Morgan fingerprint density at radius 1 is 1.15 bits per heavy atom. The third kappa shape index (κ3) is 3.28. The maximum atomic E-state index is 6.03. The number of piperidine rings is 1. The average molecular weight is 403 g/mol. The summed E-state index contributed by atoms with van der Waals surface area (Å²) in [5.74, 6) is 3.88. The number of ether oxygens (including phenoxy) is 1. The van der Waals surface area contributed by atoms with Gasteiger partial charge >= 0.3 is 0 Å². The molecule has 7 heteroatoms. The number of halogens is 2. The molecule has 0 amide bonds. The summed E-state index contributed by atoms with van der Waals surface area (Å²) in [6.45, 7) is 3.81. The van der Waals surface area contributed by atoms with Crippen LogP contribution in [-0.2, 0) is 13.6 Å². The second-order valence-electron chi connectivity index (χ2n) is 7.53. The van der Waals surface area contributed by atoms with Crippen molar-refractivity contribution in [2.24, 2.45) is 24.8 Å². The van der Waals surface area contributed by atoms with Gasteiger partial charge in [-0.15, -0.1) is 0 Å². The van der Waals surface area contributed by atoms with Gasteiger partial charge < -0.3 is 9.30 Å². The number of likely N-dealkylation sites (tertiary alicyclic amines) is 1. The van der Waals surface area contributed by atoms with Gasteiger partial charge in [-0.05, 0) is 42.2 Å². The topological polar surface area (TPSA) is 43.2 Å². The van der Waals surface area contributed by atoms with Crippen molar-refractivity contribution in [3.05, 3.63) is 52.4 Å². The lowest BCUT2D eigenvalue weighted by Gasteiger charge is -2.19. The van der Waals surface area contributed by atoms with E-state index in [4.69, 9.17) is 32.9 Å². The quantitative estimate of drug-likeness (QED) is 0.645. The van der Waals surface area contributed by atoms with Crippen molar-refractivity contribution >= 4 is 34.4 Å². The van der Waals surface area contributed by atoms with E-state index in [2.05, 4.69) is 14.5 Å². The lowest BCUT2D eigenvalue weighted by molar-refractivity contribution is 0.226. The smallest absolute Gasteiger partial charge is 0.159 e. The van der Waals surface area contributed by atoms with Gasteiger partial charge in [-0.1, -0.05) is 23.2 Å². The minimum Gasteiger partial charge on any atom is -0.493 e. The molecule has 0 spiro atoms. The van der Waals surface area contributed by atoms with E-state index in [9.17, 15) is 0 Å². The summed E-state index contributed by atoms with van der Waals surface area (Å²) >= 11 is 12.1. The molecule has 2 aliphatic rings. The summed E-state index contributed by atoms with van der Waals surface area (Å²) in [5, 5.41) is 1.22. The predicted molar refractivity (Wildman–Crippen MR) is 106 cm³/mol. The van der Waals surface area contributed by atoms with Crippen LogP contribution in [-0.4, -0.2) is 39.1 Å². The van der Waals surface area contributed by atoms with Gasteiger partial charge in [0.2, 0.25) is 0 Å². The summed E-state index contributed by atoms with van der Waals surface area (Å²) < 4.78 is 8.03. The van der Waals surface area contributed by atoms with Crippen molar-refractivity contribution < 1.29 is 4.74 Å². The summed E-state index contributed by atoms with van der Waals surface area (Å²) in [6, 6.07) is 9.30. The Balaban J connectivity index is 1.17. The van der Waals surface area contributed by atoms with E-state index in [0.29, 0.717) is 27.8 Å². The standard InChI is InChI=1S/C20H20Cl2N4O/c1-25-19(24-18-3-2-4-23-20(18)25)10-26-8-15-16(9-26)17(15)11-27-14-6-12(21)5-13(22)7-14/h2-7,15-17H,8-11H2,1H3/t15-,16+,17?. The Kier molecular flexibility index (Phi) is 4.26. The Bertz CT molecular complexity index is 973. The van der Waals surface area contributed by atoms with Crippen LogP contribution in [0.3, 0.4) is 0 Å². The molecular weight excluding hydrogens is 383 g/mol. The van der Waals surface area contributed by atoms with Gasteiger partial charge in [0.05, 0.1) is 13.2 Å². The molecule has 1 aliphatic heterocycles. The molecule has 1 aromatic carbocycles. The highest BCUT2D eigenvalue weighted by molar-refractivity contribution is 6.34.